The number of rotatable bonds is 3. The van der Waals surface area contributed by atoms with Crippen LogP contribution in [-0.4, -0.2) is 17.3 Å². The van der Waals surface area contributed by atoms with Gasteiger partial charge in [0.15, 0.2) is 0 Å². The minimum atomic E-state index is -0.0873. The summed E-state index contributed by atoms with van der Waals surface area (Å²) in [6.45, 7) is 0.202. The van der Waals surface area contributed by atoms with Gasteiger partial charge in [0.1, 0.15) is 0 Å². The fourth-order valence-corrected chi connectivity index (χ4v) is 2.52. The van der Waals surface area contributed by atoms with Crippen molar-refractivity contribution in [2.75, 3.05) is 17.7 Å². The molecular formula is C11H15IN2O. The molecule has 0 amide bonds. The molecule has 0 radical (unpaired) electrons. The molecule has 1 fully saturated rings. The Morgan fingerprint density at radius 3 is 2.67 bits per heavy atom. The van der Waals surface area contributed by atoms with E-state index in [1.807, 2.05) is 18.2 Å². The normalized spacial score (nSPS) is 18.3. The van der Waals surface area contributed by atoms with Crippen molar-refractivity contribution in [2.45, 2.75) is 24.8 Å². The molecule has 2 rings (SSSR count). The number of aliphatic hydroxyl groups is 1. The summed E-state index contributed by atoms with van der Waals surface area (Å²) in [5, 5.41) is 12.8. The van der Waals surface area contributed by atoms with Gasteiger partial charge in [-0.15, -0.1) is 0 Å². The van der Waals surface area contributed by atoms with Gasteiger partial charge in [0.2, 0.25) is 0 Å². The van der Waals surface area contributed by atoms with Crippen molar-refractivity contribution < 1.29 is 5.11 Å². The van der Waals surface area contributed by atoms with Crippen LogP contribution in [0.3, 0.4) is 0 Å². The number of nitrogen functional groups attached to an aromatic ring is 1. The molecule has 3 nitrogen and oxygen atoms in total. The van der Waals surface area contributed by atoms with Crippen LogP contribution in [0.4, 0.5) is 11.4 Å². The predicted molar refractivity (Wildman–Crippen MR) is 70.9 cm³/mol. The molecule has 4 heteroatoms. The summed E-state index contributed by atoms with van der Waals surface area (Å²) in [4.78, 5) is 0. The summed E-state index contributed by atoms with van der Waals surface area (Å²) in [5.41, 5.74) is 7.44. The smallest absolute Gasteiger partial charge is 0.0661 e. The van der Waals surface area contributed by atoms with Crippen LogP contribution < -0.4 is 11.1 Å². The topological polar surface area (TPSA) is 58.3 Å². The number of aliphatic hydroxyl groups excluding tert-OH is 1. The Morgan fingerprint density at radius 1 is 1.47 bits per heavy atom. The molecule has 0 aliphatic heterocycles. The van der Waals surface area contributed by atoms with Crippen LogP contribution in [0.25, 0.3) is 0 Å². The number of hydrogen-bond donors (Lipinski definition) is 3. The van der Waals surface area contributed by atoms with Crippen molar-refractivity contribution in [1.29, 1.82) is 0 Å². The van der Waals surface area contributed by atoms with Crippen molar-refractivity contribution in [3.05, 3.63) is 21.8 Å². The highest BCUT2D eigenvalue weighted by Gasteiger charge is 2.36. The van der Waals surface area contributed by atoms with Crippen LogP contribution in [-0.2, 0) is 0 Å². The number of nitrogens with two attached hydrogens (primary N) is 1. The maximum absolute atomic E-state index is 9.35. The van der Waals surface area contributed by atoms with Gasteiger partial charge in [0.05, 0.1) is 12.1 Å². The average Bonchev–Trinajstić information content (AvgIpc) is 2.14. The van der Waals surface area contributed by atoms with Gasteiger partial charge >= 0.3 is 0 Å². The van der Waals surface area contributed by atoms with Crippen molar-refractivity contribution >= 4 is 34.0 Å². The third kappa shape index (κ3) is 2.20. The summed E-state index contributed by atoms with van der Waals surface area (Å²) in [6.07, 6.45) is 3.28. The molecule has 1 aromatic carbocycles. The van der Waals surface area contributed by atoms with Crippen molar-refractivity contribution in [3.8, 4) is 0 Å². The monoisotopic (exact) mass is 318 g/mol. The molecule has 0 spiro atoms. The molecule has 4 N–H and O–H groups in total. The zero-order chi connectivity index (χ0) is 10.9. The number of nitrogens with one attached hydrogen (secondary N) is 1. The fraction of sp³-hybridized carbons (Fsp3) is 0.455. The van der Waals surface area contributed by atoms with Gasteiger partial charge in [0.25, 0.3) is 0 Å². The minimum Gasteiger partial charge on any atom is -0.399 e. The number of anilines is 2. The highest BCUT2D eigenvalue weighted by Crippen LogP contribution is 2.36. The first-order chi connectivity index (χ1) is 7.15. The summed E-state index contributed by atoms with van der Waals surface area (Å²) < 4.78 is 1.10. The van der Waals surface area contributed by atoms with Crippen LogP contribution in [0.15, 0.2) is 18.2 Å². The molecule has 1 saturated carbocycles. The molecule has 82 valence electrons. The predicted octanol–water partition coefficient (Wildman–Crippen LogP) is 2.20. The van der Waals surface area contributed by atoms with Crippen LogP contribution in [0.1, 0.15) is 19.3 Å². The van der Waals surface area contributed by atoms with E-state index in [9.17, 15) is 5.11 Å². The van der Waals surface area contributed by atoms with E-state index in [4.69, 9.17) is 5.73 Å². The Hall–Kier alpha value is -0.490. The standard InChI is InChI=1S/C11H15IN2O/c12-9-6-8(13)2-3-10(9)14-11(7-15)4-1-5-11/h2-3,6,14-15H,1,4-5,7,13H2. The second-order valence-electron chi connectivity index (χ2n) is 4.16. The Morgan fingerprint density at radius 2 is 2.20 bits per heavy atom. The lowest BCUT2D eigenvalue weighted by molar-refractivity contribution is 0.144. The van der Waals surface area contributed by atoms with Crippen LogP contribution in [0, 0.1) is 3.57 Å². The second kappa shape index (κ2) is 4.17. The second-order valence-corrected chi connectivity index (χ2v) is 5.32. The molecule has 0 saturated heterocycles. The highest BCUT2D eigenvalue weighted by molar-refractivity contribution is 14.1. The molecule has 1 aliphatic carbocycles. The molecule has 0 atom stereocenters. The van der Waals surface area contributed by atoms with Gasteiger partial charge in [-0.2, -0.15) is 0 Å². The maximum atomic E-state index is 9.35. The zero-order valence-electron chi connectivity index (χ0n) is 8.46. The van der Waals surface area contributed by atoms with Crippen molar-refractivity contribution in [2.24, 2.45) is 0 Å². The van der Waals surface area contributed by atoms with Crippen LogP contribution >= 0.6 is 22.6 Å². The summed E-state index contributed by atoms with van der Waals surface area (Å²) in [7, 11) is 0. The van der Waals surface area contributed by atoms with Gasteiger partial charge in [-0.05, 0) is 60.1 Å². The van der Waals surface area contributed by atoms with Gasteiger partial charge in [-0.3, -0.25) is 0 Å². The van der Waals surface area contributed by atoms with E-state index in [0.717, 1.165) is 27.8 Å². The Kier molecular flexibility index (Phi) is 3.06. The molecule has 1 aliphatic rings. The Bertz CT molecular complexity index is 358. The molecule has 0 unspecified atom stereocenters. The third-order valence-corrected chi connectivity index (χ3v) is 3.90. The number of benzene rings is 1. The first-order valence-corrected chi connectivity index (χ1v) is 6.17. The van der Waals surface area contributed by atoms with Crippen LogP contribution in [0.2, 0.25) is 0 Å². The zero-order valence-corrected chi connectivity index (χ0v) is 10.6. The lowest BCUT2D eigenvalue weighted by atomic mass is 9.77. The third-order valence-electron chi connectivity index (χ3n) is 3.01. The van der Waals surface area contributed by atoms with Gasteiger partial charge in [0, 0.05) is 14.9 Å². The van der Waals surface area contributed by atoms with E-state index in [1.165, 1.54) is 6.42 Å². The first-order valence-electron chi connectivity index (χ1n) is 5.09. The Balaban J connectivity index is 2.16. The average molecular weight is 318 g/mol. The fourth-order valence-electron chi connectivity index (χ4n) is 1.84. The molecule has 15 heavy (non-hydrogen) atoms. The molecular weight excluding hydrogens is 303 g/mol. The lowest BCUT2D eigenvalue weighted by Crippen LogP contribution is -2.48. The summed E-state index contributed by atoms with van der Waals surface area (Å²) >= 11 is 2.26. The van der Waals surface area contributed by atoms with E-state index in [-0.39, 0.29) is 12.1 Å². The van der Waals surface area contributed by atoms with E-state index >= 15 is 0 Å². The molecule has 0 aromatic heterocycles. The van der Waals surface area contributed by atoms with E-state index < -0.39 is 0 Å². The molecule has 1 aromatic rings. The highest BCUT2D eigenvalue weighted by atomic mass is 127. The van der Waals surface area contributed by atoms with E-state index in [0.29, 0.717) is 0 Å². The molecule has 0 bridgehead atoms. The van der Waals surface area contributed by atoms with Gasteiger partial charge < -0.3 is 16.2 Å². The van der Waals surface area contributed by atoms with Gasteiger partial charge in [-0.25, -0.2) is 0 Å². The minimum absolute atomic E-state index is 0.0873. The van der Waals surface area contributed by atoms with E-state index in [1.54, 1.807) is 0 Å². The van der Waals surface area contributed by atoms with Crippen molar-refractivity contribution in [1.82, 2.24) is 0 Å². The SMILES string of the molecule is Nc1ccc(NC2(CO)CCC2)c(I)c1. The lowest BCUT2D eigenvalue weighted by Gasteiger charge is -2.42. The van der Waals surface area contributed by atoms with Crippen molar-refractivity contribution in [3.63, 3.8) is 0 Å². The quantitative estimate of drug-likeness (QED) is 0.591. The summed E-state index contributed by atoms with van der Waals surface area (Å²) in [6, 6.07) is 5.80. The summed E-state index contributed by atoms with van der Waals surface area (Å²) in [5.74, 6) is 0. The van der Waals surface area contributed by atoms with Gasteiger partial charge in [-0.1, -0.05) is 0 Å². The maximum Gasteiger partial charge on any atom is 0.0661 e. The largest absolute Gasteiger partial charge is 0.399 e. The number of halogens is 1. The number of hydrogen-bond acceptors (Lipinski definition) is 3. The Labute approximate surface area is 103 Å². The first kappa shape index (κ1) is 11.0. The molecule has 0 heterocycles. The van der Waals surface area contributed by atoms with Crippen LogP contribution in [0.5, 0.6) is 0 Å². The van der Waals surface area contributed by atoms with E-state index in [2.05, 4.69) is 27.9 Å².